The van der Waals surface area contributed by atoms with Crippen molar-refractivity contribution in [2.75, 3.05) is 7.11 Å². The number of para-hydroxylation sites is 1. The quantitative estimate of drug-likeness (QED) is 0.677. The number of rotatable bonds is 6. The van der Waals surface area contributed by atoms with Crippen molar-refractivity contribution in [3.63, 3.8) is 0 Å². The van der Waals surface area contributed by atoms with Gasteiger partial charge in [-0.1, -0.05) is 44.4 Å². The number of hydrogen-bond acceptors (Lipinski definition) is 2. The molecule has 0 aromatic heterocycles. The van der Waals surface area contributed by atoms with Gasteiger partial charge >= 0.3 is 0 Å². The lowest BCUT2D eigenvalue weighted by molar-refractivity contribution is 0.407. The fourth-order valence-corrected chi connectivity index (χ4v) is 1.84. The third-order valence-electron chi connectivity index (χ3n) is 2.77. The van der Waals surface area contributed by atoms with E-state index >= 15 is 0 Å². The molecule has 0 N–H and O–H groups in total. The van der Waals surface area contributed by atoms with Crippen LogP contribution in [0.2, 0.25) is 0 Å². The molecule has 1 unspecified atom stereocenters. The minimum Gasteiger partial charge on any atom is -0.496 e. The maximum absolute atomic E-state index is 9.19. The molecule has 16 heavy (non-hydrogen) atoms. The Morgan fingerprint density at radius 3 is 2.69 bits per heavy atom. The highest BCUT2D eigenvalue weighted by molar-refractivity contribution is 5.38. The molecule has 1 atom stereocenters. The highest BCUT2D eigenvalue weighted by Crippen LogP contribution is 2.29. The maximum Gasteiger partial charge on any atom is 0.123 e. The lowest BCUT2D eigenvalue weighted by atomic mass is 9.94. The monoisotopic (exact) mass is 217 g/mol. The summed E-state index contributed by atoms with van der Waals surface area (Å²) < 4.78 is 5.28. The number of nitrogens with zero attached hydrogens (tertiary/aromatic N) is 1. The molecular formula is C14H19NO. The average Bonchev–Trinajstić information content (AvgIpc) is 2.35. The van der Waals surface area contributed by atoms with Crippen LogP contribution in [-0.4, -0.2) is 7.11 Å². The molecule has 0 spiro atoms. The number of nitriles is 1. The molecule has 1 aromatic carbocycles. The smallest absolute Gasteiger partial charge is 0.123 e. The first-order chi connectivity index (χ1) is 7.83. The van der Waals surface area contributed by atoms with Gasteiger partial charge in [-0.2, -0.15) is 5.26 Å². The molecule has 86 valence electrons. The zero-order valence-electron chi connectivity index (χ0n) is 10.1. The maximum atomic E-state index is 9.19. The predicted octanol–water partition coefficient (Wildman–Crippen LogP) is 3.88. The summed E-state index contributed by atoms with van der Waals surface area (Å²) in [5.41, 5.74) is 1.02. The second-order valence-corrected chi connectivity index (χ2v) is 3.92. The molecule has 0 heterocycles. The second kappa shape index (κ2) is 6.90. The van der Waals surface area contributed by atoms with Crippen LogP contribution in [-0.2, 0) is 0 Å². The number of ether oxygens (including phenoxy) is 1. The summed E-state index contributed by atoms with van der Waals surface area (Å²) in [7, 11) is 1.65. The van der Waals surface area contributed by atoms with Crippen LogP contribution in [0.4, 0.5) is 0 Å². The first-order valence-corrected chi connectivity index (χ1v) is 5.86. The van der Waals surface area contributed by atoms with E-state index in [1.807, 2.05) is 24.3 Å². The summed E-state index contributed by atoms with van der Waals surface area (Å²) in [5.74, 6) is 0.785. The Morgan fingerprint density at radius 1 is 1.31 bits per heavy atom. The Bertz CT molecular complexity index is 354. The molecule has 0 aliphatic rings. The van der Waals surface area contributed by atoms with Gasteiger partial charge in [-0.25, -0.2) is 0 Å². The van der Waals surface area contributed by atoms with Gasteiger partial charge in [0.15, 0.2) is 0 Å². The minimum absolute atomic E-state index is 0.0392. The minimum atomic E-state index is -0.0392. The van der Waals surface area contributed by atoms with Crippen LogP contribution in [0.15, 0.2) is 24.3 Å². The number of hydrogen-bond donors (Lipinski definition) is 0. The molecule has 0 saturated carbocycles. The van der Waals surface area contributed by atoms with Crippen molar-refractivity contribution in [1.82, 2.24) is 0 Å². The molecule has 0 aliphatic carbocycles. The Hall–Kier alpha value is -1.49. The van der Waals surface area contributed by atoms with E-state index in [0.717, 1.165) is 24.2 Å². The van der Waals surface area contributed by atoms with E-state index in [4.69, 9.17) is 4.74 Å². The number of unbranched alkanes of at least 4 members (excludes halogenated alkanes) is 2. The van der Waals surface area contributed by atoms with Crippen LogP contribution >= 0.6 is 0 Å². The second-order valence-electron chi connectivity index (χ2n) is 3.92. The van der Waals surface area contributed by atoms with Gasteiger partial charge in [0.05, 0.1) is 19.1 Å². The molecule has 1 rings (SSSR count). The molecule has 0 radical (unpaired) electrons. The van der Waals surface area contributed by atoms with Crippen molar-refractivity contribution in [3.05, 3.63) is 29.8 Å². The van der Waals surface area contributed by atoms with Crippen molar-refractivity contribution >= 4 is 0 Å². The van der Waals surface area contributed by atoms with Crippen LogP contribution in [0.5, 0.6) is 5.75 Å². The third-order valence-corrected chi connectivity index (χ3v) is 2.77. The zero-order chi connectivity index (χ0) is 11.8. The Morgan fingerprint density at radius 2 is 2.06 bits per heavy atom. The number of methoxy groups -OCH3 is 1. The van der Waals surface area contributed by atoms with Gasteiger partial charge in [-0.15, -0.1) is 0 Å². The lowest BCUT2D eigenvalue weighted by Crippen LogP contribution is -1.99. The highest BCUT2D eigenvalue weighted by Gasteiger charge is 2.14. The van der Waals surface area contributed by atoms with Gasteiger partial charge in [-0.05, 0) is 12.5 Å². The van der Waals surface area contributed by atoms with Gasteiger partial charge in [-0.3, -0.25) is 0 Å². The van der Waals surface area contributed by atoms with Crippen molar-refractivity contribution < 1.29 is 4.74 Å². The first kappa shape index (κ1) is 12.6. The molecule has 2 heteroatoms. The Balaban J connectivity index is 2.75. The topological polar surface area (TPSA) is 33.0 Å². The van der Waals surface area contributed by atoms with E-state index < -0.39 is 0 Å². The van der Waals surface area contributed by atoms with E-state index in [9.17, 15) is 5.26 Å². The summed E-state index contributed by atoms with van der Waals surface area (Å²) in [6.45, 7) is 2.17. The van der Waals surface area contributed by atoms with Crippen LogP contribution in [0.25, 0.3) is 0 Å². The van der Waals surface area contributed by atoms with Gasteiger partial charge in [0.25, 0.3) is 0 Å². The summed E-state index contributed by atoms with van der Waals surface area (Å²) in [5, 5.41) is 9.19. The van der Waals surface area contributed by atoms with E-state index in [1.54, 1.807) is 7.11 Å². The van der Waals surface area contributed by atoms with Crippen molar-refractivity contribution in [1.29, 1.82) is 5.26 Å². The number of benzene rings is 1. The van der Waals surface area contributed by atoms with E-state index in [2.05, 4.69) is 13.0 Å². The van der Waals surface area contributed by atoms with Crippen molar-refractivity contribution in [2.45, 2.75) is 38.5 Å². The van der Waals surface area contributed by atoms with E-state index in [1.165, 1.54) is 12.8 Å². The van der Waals surface area contributed by atoms with Crippen molar-refractivity contribution in [3.8, 4) is 11.8 Å². The van der Waals surface area contributed by atoms with Crippen LogP contribution in [0, 0.1) is 11.3 Å². The molecular weight excluding hydrogens is 198 g/mol. The predicted molar refractivity (Wildman–Crippen MR) is 65.5 cm³/mol. The molecule has 0 bridgehead atoms. The molecule has 0 fully saturated rings. The third kappa shape index (κ3) is 3.27. The normalized spacial score (nSPS) is 11.8. The summed E-state index contributed by atoms with van der Waals surface area (Å²) in [6, 6.07) is 10.2. The zero-order valence-corrected chi connectivity index (χ0v) is 10.1. The van der Waals surface area contributed by atoms with E-state index in [-0.39, 0.29) is 5.92 Å². The largest absolute Gasteiger partial charge is 0.496 e. The van der Waals surface area contributed by atoms with Crippen LogP contribution in [0.3, 0.4) is 0 Å². The Kier molecular flexibility index (Phi) is 5.42. The molecule has 2 nitrogen and oxygen atoms in total. The molecule has 1 aromatic rings. The lowest BCUT2D eigenvalue weighted by Gasteiger charge is -2.13. The Labute approximate surface area is 97.9 Å². The van der Waals surface area contributed by atoms with Gasteiger partial charge in [0.2, 0.25) is 0 Å². The van der Waals surface area contributed by atoms with E-state index in [0.29, 0.717) is 0 Å². The first-order valence-electron chi connectivity index (χ1n) is 5.86. The van der Waals surface area contributed by atoms with Crippen LogP contribution < -0.4 is 4.74 Å². The fourth-order valence-electron chi connectivity index (χ4n) is 1.84. The SMILES string of the molecule is CCCCCC(C#N)c1ccccc1OC. The molecule has 0 aliphatic heterocycles. The summed E-state index contributed by atoms with van der Waals surface area (Å²) in [6.07, 6.45) is 4.40. The summed E-state index contributed by atoms with van der Waals surface area (Å²) in [4.78, 5) is 0. The standard InChI is InChI=1S/C14H19NO/c1-3-4-5-8-12(11-15)13-9-6-7-10-14(13)16-2/h6-7,9-10,12H,3-5,8H2,1-2H3. The van der Waals surface area contributed by atoms with Crippen LogP contribution in [0.1, 0.15) is 44.1 Å². The van der Waals surface area contributed by atoms with Gasteiger partial charge in [0.1, 0.15) is 5.75 Å². The molecule has 0 saturated heterocycles. The average molecular weight is 217 g/mol. The van der Waals surface area contributed by atoms with Gasteiger partial charge in [0, 0.05) is 5.56 Å². The summed E-state index contributed by atoms with van der Waals surface area (Å²) >= 11 is 0. The van der Waals surface area contributed by atoms with Gasteiger partial charge < -0.3 is 4.74 Å². The highest BCUT2D eigenvalue weighted by atomic mass is 16.5. The van der Waals surface area contributed by atoms with Crippen molar-refractivity contribution in [2.24, 2.45) is 0 Å². The fraction of sp³-hybridized carbons (Fsp3) is 0.500. The molecule has 0 amide bonds.